The fourth-order valence-corrected chi connectivity index (χ4v) is 4.81. The average Bonchev–Trinajstić information content (AvgIpc) is 3.16. The topological polar surface area (TPSA) is 74.6 Å². The first kappa shape index (κ1) is 19.0. The Bertz CT molecular complexity index is 1350. The van der Waals surface area contributed by atoms with Gasteiger partial charge in [0.15, 0.2) is 0 Å². The summed E-state index contributed by atoms with van der Waals surface area (Å²) < 4.78 is 2.36. The van der Waals surface area contributed by atoms with Crippen molar-refractivity contribution in [2.75, 3.05) is 0 Å². The average molecular weight is 424 g/mol. The van der Waals surface area contributed by atoms with Crippen LogP contribution < -0.4 is 0 Å². The first-order valence-electron chi connectivity index (χ1n) is 9.63. The number of hydrogen-bond donors (Lipinski definition) is 2. The number of fused-ring (bicyclic) bond motifs is 3. The zero-order valence-corrected chi connectivity index (χ0v) is 17.0. The van der Waals surface area contributed by atoms with E-state index in [1.165, 1.54) is 9.40 Å². The highest BCUT2D eigenvalue weighted by Gasteiger charge is 2.10. The van der Waals surface area contributed by atoms with Crippen LogP contribution in [0.4, 0.5) is 0 Å². The van der Waals surface area contributed by atoms with Gasteiger partial charge in [-0.2, -0.15) is 0 Å². The quantitative estimate of drug-likeness (QED) is 0.333. The highest BCUT2D eigenvalue weighted by atomic mass is 32.1. The molecular formula is C26H16O4S. The molecule has 5 rings (SSSR count). The molecule has 2 N–H and O–H groups in total. The Morgan fingerprint density at radius 3 is 1.23 bits per heavy atom. The van der Waals surface area contributed by atoms with Crippen molar-refractivity contribution in [1.82, 2.24) is 0 Å². The molecule has 0 aliphatic rings. The fraction of sp³-hybridized carbons (Fsp3) is 0. The summed E-state index contributed by atoms with van der Waals surface area (Å²) in [6, 6.07) is 26.4. The molecule has 0 aliphatic heterocycles. The van der Waals surface area contributed by atoms with Crippen molar-refractivity contribution in [1.29, 1.82) is 0 Å². The predicted octanol–water partition coefficient (Wildman–Crippen LogP) is 6.78. The van der Waals surface area contributed by atoms with Gasteiger partial charge in [0.05, 0.1) is 11.1 Å². The maximum atomic E-state index is 11.1. The number of aromatic carboxylic acids is 2. The van der Waals surface area contributed by atoms with Crippen LogP contribution in [0.2, 0.25) is 0 Å². The van der Waals surface area contributed by atoms with Crippen molar-refractivity contribution >= 4 is 43.4 Å². The minimum absolute atomic E-state index is 0.268. The van der Waals surface area contributed by atoms with E-state index in [1.807, 2.05) is 24.3 Å². The largest absolute Gasteiger partial charge is 0.478 e. The van der Waals surface area contributed by atoms with E-state index >= 15 is 0 Å². The summed E-state index contributed by atoms with van der Waals surface area (Å²) in [6.45, 7) is 0. The normalized spacial score (nSPS) is 11.1. The smallest absolute Gasteiger partial charge is 0.335 e. The van der Waals surface area contributed by atoms with E-state index in [9.17, 15) is 9.59 Å². The number of carboxylic acid groups (broad SMARTS) is 2. The Balaban J connectivity index is 1.60. The molecule has 0 unspecified atom stereocenters. The van der Waals surface area contributed by atoms with Crippen LogP contribution in [0.25, 0.3) is 42.4 Å². The summed E-state index contributed by atoms with van der Waals surface area (Å²) in [5, 5.41) is 20.5. The molecule has 0 aliphatic carbocycles. The molecule has 150 valence electrons. The maximum absolute atomic E-state index is 11.1. The summed E-state index contributed by atoms with van der Waals surface area (Å²) in [5.41, 5.74) is 4.52. The van der Waals surface area contributed by atoms with Gasteiger partial charge in [-0.15, -0.1) is 11.3 Å². The molecule has 0 radical (unpaired) electrons. The van der Waals surface area contributed by atoms with Crippen LogP contribution in [-0.4, -0.2) is 22.2 Å². The Morgan fingerprint density at radius 2 is 0.871 bits per heavy atom. The van der Waals surface area contributed by atoms with E-state index in [2.05, 4.69) is 36.4 Å². The third-order valence-electron chi connectivity index (χ3n) is 5.40. The first-order chi connectivity index (χ1) is 15.0. The van der Waals surface area contributed by atoms with Crippen molar-refractivity contribution in [3.8, 4) is 22.3 Å². The van der Waals surface area contributed by atoms with E-state index in [0.29, 0.717) is 0 Å². The Morgan fingerprint density at radius 1 is 0.516 bits per heavy atom. The maximum Gasteiger partial charge on any atom is 0.335 e. The van der Waals surface area contributed by atoms with Crippen molar-refractivity contribution < 1.29 is 19.8 Å². The van der Waals surface area contributed by atoms with Crippen molar-refractivity contribution in [2.45, 2.75) is 0 Å². The lowest BCUT2D eigenvalue weighted by Crippen LogP contribution is -1.94. The lowest BCUT2D eigenvalue weighted by molar-refractivity contribution is 0.0686. The second kappa shape index (κ2) is 7.38. The van der Waals surface area contributed by atoms with E-state index in [4.69, 9.17) is 10.2 Å². The minimum Gasteiger partial charge on any atom is -0.478 e. The first-order valence-corrected chi connectivity index (χ1v) is 10.4. The van der Waals surface area contributed by atoms with Crippen LogP contribution in [0.3, 0.4) is 0 Å². The highest BCUT2D eigenvalue weighted by molar-refractivity contribution is 7.25. The van der Waals surface area contributed by atoms with Gasteiger partial charge in [-0.3, -0.25) is 0 Å². The number of hydrogen-bond acceptors (Lipinski definition) is 3. The Hall–Kier alpha value is -3.96. The SMILES string of the molecule is O=C(O)c1ccc(-c2ccc3sc4ccc(-c5ccc(C(=O)O)cc5)cc4c3c2)cc1. The van der Waals surface area contributed by atoms with E-state index in [-0.39, 0.29) is 11.1 Å². The Labute approximate surface area is 181 Å². The summed E-state index contributed by atoms with van der Waals surface area (Å²) >= 11 is 1.73. The molecule has 1 heterocycles. The van der Waals surface area contributed by atoms with Gasteiger partial charge in [-0.1, -0.05) is 36.4 Å². The summed E-state index contributed by atoms with van der Waals surface area (Å²) in [7, 11) is 0. The lowest BCUT2D eigenvalue weighted by atomic mass is 9.99. The number of thiophene rings is 1. The van der Waals surface area contributed by atoms with E-state index in [1.54, 1.807) is 35.6 Å². The molecule has 0 saturated heterocycles. The molecule has 31 heavy (non-hydrogen) atoms. The van der Waals surface area contributed by atoms with E-state index < -0.39 is 11.9 Å². The number of carbonyl (C=O) groups is 2. The van der Waals surface area contributed by atoms with Gasteiger partial charge in [0.1, 0.15) is 0 Å². The number of benzene rings is 4. The predicted molar refractivity (Wildman–Crippen MR) is 124 cm³/mol. The molecule has 1 aromatic heterocycles. The summed E-state index contributed by atoms with van der Waals surface area (Å²) in [5.74, 6) is -1.87. The molecule has 5 aromatic rings. The monoisotopic (exact) mass is 424 g/mol. The highest BCUT2D eigenvalue weighted by Crippen LogP contribution is 2.38. The molecule has 0 atom stereocenters. The van der Waals surface area contributed by atoms with Gasteiger partial charge >= 0.3 is 11.9 Å². The van der Waals surface area contributed by atoms with Gasteiger partial charge < -0.3 is 10.2 Å². The van der Waals surface area contributed by atoms with Crippen molar-refractivity contribution in [3.05, 3.63) is 96.1 Å². The molecule has 4 nitrogen and oxygen atoms in total. The molecule has 0 bridgehead atoms. The molecule has 5 heteroatoms. The molecule has 0 amide bonds. The zero-order chi connectivity index (χ0) is 21.5. The van der Waals surface area contributed by atoms with Crippen LogP contribution in [0.1, 0.15) is 20.7 Å². The van der Waals surface area contributed by atoms with Crippen molar-refractivity contribution in [2.24, 2.45) is 0 Å². The second-order valence-electron chi connectivity index (χ2n) is 7.29. The fourth-order valence-electron chi connectivity index (χ4n) is 3.75. The lowest BCUT2D eigenvalue weighted by Gasteiger charge is -2.05. The summed E-state index contributed by atoms with van der Waals surface area (Å²) in [4.78, 5) is 22.2. The van der Waals surface area contributed by atoms with Crippen LogP contribution in [0.5, 0.6) is 0 Å². The molecule has 0 saturated carbocycles. The van der Waals surface area contributed by atoms with Gasteiger partial charge in [-0.25, -0.2) is 9.59 Å². The van der Waals surface area contributed by atoms with Crippen LogP contribution in [0, 0.1) is 0 Å². The standard InChI is InChI=1S/C26H16O4S/c27-25(28)17-5-1-15(2-6-17)19-9-11-23-21(13-19)22-14-20(10-12-24(22)31-23)16-3-7-18(8-4-16)26(29)30/h1-14H,(H,27,28)(H,29,30). The van der Waals surface area contributed by atoms with Crippen molar-refractivity contribution in [3.63, 3.8) is 0 Å². The molecule has 0 spiro atoms. The molecule has 0 fully saturated rings. The molecular weight excluding hydrogens is 408 g/mol. The number of rotatable bonds is 4. The third-order valence-corrected chi connectivity index (χ3v) is 6.55. The number of carboxylic acids is 2. The van der Waals surface area contributed by atoms with Gasteiger partial charge in [-0.05, 0) is 70.8 Å². The van der Waals surface area contributed by atoms with Crippen LogP contribution in [0.15, 0.2) is 84.9 Å². The van der Waals surface area contributed by atoms with Gasteiger partial charge in [0.25, 0.3) is 0 Å². The summed E-state index contributed by atoms with van der Waals surface area (Å²) in [6.07, 6.45) is 0. The van der Waals surface area contributed by atoms with Crippen LogP contribution >= 0.6 is 11.3 Å². The van der Waals surface area contributed by atoms with Gasteiger partial charge in [0.2, 0.25) is 0 Å². The third kappa shape index (κ3) is 3.45. The van der Waals surface area contributed by atoms with Crippen LogP contribution in [-0.2, 0) is 0 Å². The minimum atomic E-state index is -0.935. The van der Waals surface area contributed by atoms with E-state index in [0.717, 1.165) is 33.0 Å². The molecule has 4 aromatic carbocycles. The van der Waals surface area contributed by atoms with Gasteiger partial charge in [0, 0.05) is 20.2 Å². The second-order valence-corrected chi connectivity index (χ2v) is 8.37. The Kier molecular flexibility index (Phi) is 4.53. The zero-order valence-electron chi connectivity index (χ0n) is 16.2.